The highest BCUT2D eigenvalue weighted by atomic mass is 35.5. The Bertz CT molecular complexity index is 351. The van der Waals surface area contributed by atoms with Gasteiger partial charge in [-0.05, 0) is 12.1 Å². The van der Waals surface area contributed by atoms with Crippen molar-refractivity contribution in [3.8, 4) is 0 Å². The molecule has 0 amide bonds. The molecule has 0 radical (unpaired) electrons. The Hall–Kier alpha value is -0.600. The van der Waals surface area contributed by atoms with E-state index in [1.165, 1.54) is 12.1 Å². The summed E-state index contributed by atoms with van der Waals surface area (Å²) >= 11 is 11.1. The number of carbonyl (C=O) groups is 1. The molecular weight excluding hydrogens is 226 g/mol. The van der Waals surface area contributed by atoms with Crippen molar-refractivity contribution in [3.63, 3.8) is 0 Å². The Morgan fingerprint density at radius 1 is 1.29 bits per heavy atom. The molecule has 0 aliphatic heterocycles. The maximum atomic E-state index is 13.0. The van der Waals surface area contributed by atoms with Crippen LogP contribution in [0, 0.1) is 11.7 Å². The summed E-state index contributed by atoms with van der Waals surface area (Å²) in [5, 5.41) is -0.247. The number of rotatable bonds is 2. The lowest BCUT2D eigenvalue weighted by atomic mass is 10.0. The summed E-state index contributed by atoms with van der Waals surface area (Å²) in [4.78, 5) is 11.5. The van der Waals surface area contributed by atoms with E-state index < -0.39 is 5.82 Å². The van der Waals surface area contributed by atoms with Gasteiger partial charge in [0.25, 0.3) is 0 Å². The van der Waals surface area contributed by atoms with E-state index in [-0.39, 0.29) is 21.7 Å². The number of carbonyl (C=O) groups excluding carboxylic acids is 1. The van der Waals surface area contributed by atoms with Gasteiger partial charge in [-0.3, -0.25) is 4.79 Å². The van der Waals surface area contributed by atoms with Crippen LogP contribution in [0.15, 0.2) is 12.1 Å². The van der Waals surface area contributed by atoms with Gasteiger partial charge < -0.3 is 0 Å². The third kappa shape index (κ3) is 2.25. The lowest BCUT2D eigenvalue weighted by Gasteiger charge is -2.06. The van der Waals surface area contributed by atoms with Crippen LogP contribution in [0.1, 0.15) is 24.2 Å². The van der Waals surface area contributed by atoms with Gasteiger partial charge in [0.2, 0.25) is 0 Å². The first-order chi connectivity index (χ1) is 6.43. The fourth-order valence-corrected chi connectivity index (χ4v) is 1.52. The summed E-state index contributed by atoms with van der Waals surface area (Å²) in [6.07, 6.45) is 0. The van der Waals surface area contributed by atoms with E-state index in [2.05, 4.69) is 0 Å². The van der Waals surface area contributed by atoms with Gasteiger partial charge in [0.05, 0.1) is 10.0 Å². The van der Waals surface area contributed by atoms with E-state index in [4.69, 9.17) is 23.2 Å². The molecule has 1 nitrogen and oxygen atoms in total. The molecule has 0 bridgehead atoms. The molecule has 0 heterocycles. The molecule has 4 heteroatoms. The fourth-order valence-electron chi connectivity index (χ4n) is 1.03. The second-order valence-corrected chi connectivity index (χ2v) is 4.09. The van der Waals surface area contributed by atoms with Gasteiger partial charge in [0.15, 0.2) is 11.6 Å². The maximum absolute atomic E-state index is 13.0. The normalized spacial score (nSPS) is 10.7. The van der Waals surface area contributed by atoms with Crippen LogP contribution in [0.3, 0.4) is 0 Å². The number of hydrogen-bond donors (Lipinski definition) is 0. The summed E-state index contributed by atoms with van der Waals surface area (Å²) in [6.45, 7) is 3.51. The van der Waals surface area contributed by atoms with Gasteiger partial charge >= 0.3 is 0 Å². The monoisotopic (exact) mass is 234 g/mol. The highest BCUT2D eigenvalue weighted by Crippen LogP contribution is 2.25. The molecule has 1 aromatic rings. The first-order valence-electron chi connectivity index (χ1n) is 4.12. The number of benzene rings is 1. The molecule has 0 aliphatic rings. The minimum Gasteiger partial charge on any atom is -0.294 e. The van der Waals surface area contributed by atoms with Crippen LogP contribution in [0.5, 0.6) is 0 Å². The summed E-state index contributed by atoms with van der Waals surface area (Å²) in [7, 11) is 0. The van der Waals surface area contributed by atoms with Crippen molar-refractivity contribution in [1.29, 1.82) is 0 Å². The standard InChI is InChI=1S/C10H9Cl2FO/c1-5(2)10(14)6-3-7(11)9(13)8(12)4-6/h3-5H,1-2H3. The van der Waals surface area contributed by atoms with E-state index >= 15 is 0 Å². The zero-order chi connectivity index (χ0) is 10.9. The van der Waals surface area contributed by atoms with Crippen LogP contribution in [0.4, 0.5) is 4.39 Å². The topological polar surface area (TPSA) is 17.1 Å². The summed E-state index contributed by atoms with van der Waals surface area (Å²) in [5.74, 6) is -0.949. The van der Waals surface area contributed by atoms with Crippen molar-refractivity contribution in [3.05, 3.63) is 33.6 Å². The molecule has 0 fully saturated rings. The molecule has 14 heavy (non-hydrogen) atoms. The van der Waals surface area contributed by atoms with Crippen molar-refractivity contribution in [2.24, 2.45) is 5.92 Å². The average Bonchev–Trinajstić information content (AvgIpc) is 2.12. The molecule has 0 N–H and O–H groups in total. The molecule has 0 aliphatic carbocycles. The van der Waals surface area contributed by atoms with Crippen molar-refractivity contribution in [2.75, 3.05) is 0 Å². The minimum atomic E-state index is -0.686. The molecule has 0 saturated carbocycles. The predicted molar refractivity (Wildman–Crippen MR) is 55.6 cm³/mol. The van der Waals surface area contributed by atoms with Gasteiger partial charge in [0.1, 0.15) is 0 Å². The van der Waals surface area contributed by atoms with Crippen LogP contribution in [-0.4, -0.2) is 5.78 Å². The van der Waals surface area contributed by atoms with Crippen LogP contribution in [-0.2, 0) is 0 Å². The van der Waals surface area contributed by atoms with E-state index in [9.17, 15) is 9.18 Å². The predicted octanol–water partition coefficient (Wildman–Crippen LogP) is 3.97. The van der Waals surface area contributed by atoms with Crippen LogP contribution in [0.2, 0.25) is 10.0 Å². The largest absolute Gasteiger partial charge is 0.294 e. The lowest BCUT2D eigenvalue weighted by molar-refractivity contribution is 0.0939. The Morgan fingerprint density at radius 2 is 1.71 bits per heavy atom. The molecule has 76 valence electrons. The van der Waals surface area contributed by atoms with Crippen molar-refractivity contribution >= 4 is 29.0 Å². The summed E-state index contributed by atoms with van der Waals surface area (Å²) in [6, 6.07) is 2.59. The SMILES string of the molecule is CC(C)C(=O)c1cc(Cl)c(F)c(Cl)c1. The van der Waals surface area contributed by atoms with Gasteiger partial charge in [-0.2, -0.15) is 0 Å². The Kier molecular flexibility index (Phi) is 3.51. The third-order valence-electron chi connectivity index (χ3n) is 1.79. The third-order valence-corrected chi connectivity index (χ3v) is 2.34. The van der Waals surface area contributed by atoms with Gasteiger partial charge in [-0.1, -0.05) is 37.0 Å². The highest BCUT2D eigenvalue weighted by molar-refractivity contribution is 6.35. The van der Waals surface area contributed by atoms with Crippen molar-refractivity contribution < 1.29 is 9.18 Å². The highest BCUT2D eigenvalue weighted by Gasteiger charge is 2.14. The van der Waals surface area contributed by atoms with Gasteiger partial charge in [-0.25, -0.2) is 4.39 Å². The fraction of sp³-hybridized carbons (Fsp3) is 0.300. The first kappa shape index (κ1) is 11.5. The smallest absolute Gasteiger partial charge is 0.165 e. The molecule has 1 aromatic carbocycles. The second kappa shape index (κ2) is 4.28. The number of halogens is 3. The van der Waals surface area contributed by atoms with E-state index in [0.717, 1.165) is 0 Å². The van der Waals surface area contributed by atoms with Crippen LogP contribution >= 0.6 is 23.2 Å². The molecule has 0 atom stereocenters. The molecular formula is C10H9Cl2FO. The molecule has 0 spiro atoms. The Morgan fingerprint density at radius 3 is 2.07 bits per heavy atom. The zero-order valence-corrected chi connectivity index (χ0v) is 9.29. The zero-order valence-electron chi connectivity index (χ0n) is 7.77. The maximum Gasteiger partial charge on any atom is 0.165 e. The molecule has 0 aromatic heterocycles. The Labute approximate surface area is 91.8 Å². The Balaban J connectivity index is 3.19. The van der Waals surface area contributed by atoms with Gasteiger partial charge in [0, 0.05) is 11.5 Å². The second-order valence-electron chi connectivity index (χ2n) is 3.27. The quantitative estimate of drug-likeness (QED) is 0.559. The van der Waals surface area contributed by atoms with Crippen molar-refractivity contribution in [1.82, 2.24) is 0 Å². The molecule has 1 rings (SSSR count). The van der Waals surface area contributed by atoms with E-state index in [0.29, 0.717) is 5.56 Å². The minimum absolute atomic E-state index is 0.103. The lowest BCUT2D eigenvalue weighted by Crippen LogP contribution is -2.07. The first-order valence-corrected chi connectivity index (χ1v) is 4.88. The van der Waals surface area contributed by atoms with E-state index in [1.807, 2.05) is 0 Å². The molecule has 0 unspecified atom stereocenters. The molecule has 0 saturated heterocycles. The van der Waals surface area contributed by atoms with E-state index in [1.54, 1.807) is 13.8 Å². The number of hydrogen-bond acceptors (Lipinski definition) is 1. The number of Topliss-reactive ketones (excluding diaryl/α,β-unsaturated/α-hetero) is 1. The van der Waals surface area contributed by atoms with Crippen molar-refractivity contribution in [2.45, 2.75) is 13.8 Å². The van der Waals surface area contributed by atoms with Crippen LogP contribution < -0.4 is 0 Å². The van der Waals surface area contributed by atoms with Gasteiger partial charge in [-0.15, -0.1) is 0 Å². The summed E-state index contributed by atoms with van der Waals surface area (Å²) in [5.41, 5.74) is 0.344. The average molecular weight is 235 g/mol. The summed E-state index contributed by atoms with van der Waals surface area (Å²) < 4.78 is 13.0. The number of ketones is 1. The van der Waals surface area contributed by atoms with Crippen LogP contribution in [0.25, 0.3) is 0 Å².